The second kappa shape index (κ2) is 6.34. The van der Waals surface area contributed by atoms with E-state index >= 15 is 0 Å². The Balaban J connectivity index is 1.82. The van der Waals surface area contributed by atoms with Gasteiger partial charge in [0.15, 0.2) is 0 Å². The molecule has 1 aliphatic rings. The summed E-state index contributed by atoms with van der Waals surface area (Å²) in [6.45, 7) is 0.116. The van der Waals surface area contributed by atoms with Crippen molar-refractivity contribution in [2.24, 2.45) is 7.05 Å². The number of aromatic nitrogens is 3. The number of imide groups is 1. The van der Waals surface area contributed by atoms with Crippen LogP contribution in [0.15, 0.2) is 41.5 Å². The Morgan fingerprint density at radius 2 is 2.00 bits per heavy atom. The van der Waals surface area contributed by atoms with E-state index in [0.717, 1.165) is 22.3 Å². The van der Waals surface area contributed by atoms with Gasteiger partial charge in [-0.2, -0.15) is 5.10 Å². The number of aryl methyl sites for hydroxylation is 1. The van der Waals surface area contributed by atoms with Crippen LogP contribution in [0.1, 0.15) is 26.3 Å². The first-order chi connectivity index (χ1) is 13.3. The van der Waals surface area contributed by atoms with Crippen molar-refractivity contribution in [2.45, 2.75) is 6.61 Å². The number of nitrogens with zero attached hydrogens (tertiary/aromatic N) is 3. The number of pyridine rings is 1. The maximum absolute atomic E-state index is 13.9. The maximum atomic E-state index is 13.9. The summed E-state index contributed by atoms with van der Waals surface area (Å²) in [6, 6.07) is 4.58. The molecule has 3 heterocycles. The van der Waals surface area contributed by atoms with Crippen molar-refractivity contribution in [2.75, 3.05) is 5.73 Å². The van der Waals surface area contributed by atoms with Crippen LogP contribution in [-0.2, 0) is 13.7 Å². The predicted octanol–water partition coefficient (Wildman–Crippen LogP) is 0.755. The average molecular weight is 383 g/mol. The van der Waals surface area contributed by atoms with E-state index in [-0.39, 0.29) is 35.0 Å². The molecule has 0 bridgehead atoms. The van der Waals surface area contributed by atoms with Crippen LogP contribution >= 0.6 is 0 Å². The van der Waals surface area contributed by atoms with Crippen LogP contribution in [0.2, 0.25) is 0 Å². The molecule has 0 saturated carbocycles. The minimum absolute atomic E-state index is 0.0151. The second-order valence-electron chi connectivity index (χ2n) is 6.20. The highest BCUT2D eigenvalue weighted by Crippen LogP contribution is 2.29. The summed E-state index contributed by atoms with van der Waals surface area (Å²) in [4.78, 5) is 36.4. The molecule has 10 heteroatoms. The predicted molar refractivity (Wildman–Crippen MR) is 95.7 cm³/mol. The van der Waals surface area contributed by atoms with Crippen LogP contribution in [0.5, 0.6) is 5.75 Å². The minimum Gasteiger partial charge on any atom is -0.487 e. The van der Waals surface area contributed by atoms with Gasteiger partial charge in [0.25, 0.3) is 17.4 Å². The molecule has 0 atom stereocenters. The summed E-state index contributed by atoms with van der Waals surface area (Å²) in [7, 11) is 1.75. The van der Waals surface area contributed by atoms with E-state index < -0.39 is 23.2 Å². The third kappa shape index (κ3) is 2.80. The molecule has 28 heavy (non-hydrogen) atoms. The highest BCUT2D eigenvalue weighted by Gasteiger charge is 2.32. The molecule has 0 radical (unpaired) electrons. The number of hydrogen-bond acceptors (Lipinski definition) is 6. The SMILES string of the molecule is Cn1cc(COc2ccc(F)cc2-n2c(N)c3c(cc2=O)C(=O)NC3=O)cn1. The zero-order valence-corrected chi connectivity index (χ0v) is 14.6. The number of carbonyl (C=O) groups excluding carboxylic acids is 2. The van der Waals surface area contributed by atoms with Gasteiger partial charge in [-0.25, -0.2) is 4.39 Å². The molecule has 0 saturated heterocycles. The van der Waals surface area contributed by atoms with Gasteiger partial charge >= 0.3 is 0 Å². The number of halogens is 1. The topological polar surface area (TPSA) is 121 Å². The molecular formula is C18H14FN5O4. The number of ether oxygens (including phenoxy) is 1. The number of nitrogens with two attached hydrogens (primary N) is 1. The molecule has 3 N–H and O–H groups in total. The average Bonchev–Trinajstić information content (AvgIpc) is 3.17. The molecule has 4 rings (SSSR count). The Labute approximate surface area is 157 Å². The van der Waals surface area contributed by atoms with E-state index in [9.17, 15) is 18.8 Å². The zero-order valence-electron chi connectivity index (χ0n) is 14.6. The number of hydrogen-bond donors (Lipinski definition) is 2. The Hall–Kier alpha value is -3.95. The van der Waals surface area contributed by atoms with Crippen molar-refractivity contribution in [3.05, 3.63) is 69.5 Å². The lowest BCUT2D eigenvalue weighted by molar-refractivity contribution is 0.0880. The van der Waals surface area contributed by atoms with Crippen LogP contribution in [0.4, 0.5) is 10.2 Å². The summed E-state index contributed by atoms with van der Waals surface area (Å²) >= 11 is 0. The summed E-state index contributed by atoms with van der Waals surface area (Å²) < 4.78 is 22.2. The fourth-order valence-electron chi connectivity index (χ4n) is 3.02. The molecule has 142 valence electrons. The van der Waals surface area contributed by atoms with Crippen LogP contribution in [0.3, 0.4) is 0 Å². The summed E-state index contributed by atoms with van der Waals surface area (Å²) in [5.41, 5.74) is 5.84. The molecule has 1 aromatic carbocycles. The molecule has 0 fully saturated rings. The van der Waals surface area contributed by atoms with Gasteiger partial charge in [-0.05, 0) is 12.1 Å². The highest BCUT2D eigenvalue weighted by molar-refractivity contribution is 6.23. The molecule has 0 spiro atoms. The van der Waals surface area contributed by atoms with Crippen LogP contribution < -0.4 is 21.3 Å². The van der Waals surface area contributed by atoms with Crippen molar-refractivity contribution >= 4 is 17.6 Å². The van der Waals surface area contributed by atoms with Crippen LogP contribution in [0.25, 0.3) is 5.69 Å². The van der Waals surface area contributed by atoms with E-state index in [1.165, 1.54) is 12.1 Å². The highest BCUT2D eigenvalue weighted by atomic mass is 19.1. The van der Waals surface area contributed by atoms with Gasteiger partial charge in [0.1, 0.15) is 24.0 Å². The van der Waals surface area contributed by atoms with Gasteiger partial charge in [-0.1, -0.05) is 0 Å². The largest absolute Gasteiger partial charge is 0.487 e. The Kier molecular flexibility index (Phi) is 3.95. The van der Waals surface area contributed by atoms with Gasteiger partial charge in [0.05, 0.1) is 23.0 Å². The number of amides is 2. The first-order valence-corrected chi connectivity index (χ1v) is 8.16. The smallest absolute Gasteiger partial charge is 0.262 e. The fraction of sp³-hybridized carbons (Fsp3) is 0.111. The van der Waals surface area contributed by atoms with Crippen LogP contribution in [-0.4, -0.2) is 26.2 Å². The van der Waals surface area contributed by atoms with E-state index in [1.807, 2.05) is 0 Å². The molecule has 9 nitrogen and oxygen atoms in total. The number of fused-ring (bicyclic) bond motifs is 1. The van der Waals surface area contributed by atoms with E-state index in [0.29, 0.717) is 0 Å². The van der Waals surface area contributed by atoms with E-state index in [2.05, 4.69) is 10.4 Å². The standard InChI is InChI=1S/C18H14FN5O4/c1-23-7-9(6-21-23)8-28-13-3-2-10(19)4-12(13)24-14(25)5-11-15(16(24)20)18(27)22-17(11)26/h2-7H,8,20H2,1H3,(H,22,26,27). The third-order valence-electron chi connectivity index (χ3n) is 4.27. The Morgan fingerprint density at radius 1 is 1.21 bits per heavy atom. The van der Waals surface area contributed by atoms with Gasteiger partial charge in [-0.3, -0.25) is 28.9 Å². The lowest BCUT2D eigenvalue weighted by atomic mass is 10.1. The second-order valence-corrected chi connectivity index (χ2v) is 6.20. The number of anilines is 1. The zero-order chi connectivity index (χ0) is 20.0. The van der Waals surface area contributed by atoms with Crippen molar-refractivity contribution < 1.29 is 18.7 Å². The molecule has 0 unspecified atom stereocenters. The Morgan fingerprint density at radius 3 is 2.71 bits per heavy atom. The number of carbonyl (C=O) groups is 2. The molecular weight excluding hydrogens is 369 g/mol. The molecule has 2 amide bonds. The maximum Gasteiger partial charge on any atom is 0.262 e. The van der Waals surface area contributed by atoms with Gasteiger partial charge < -0.3 is 10.5 Å². The lowest BCUT2D eigenvalue weighted by Gasteiger charge is -2.16. The normalized spacial score (nSPS) is 12.8. The summed E-state index contributed by atoms with van der Waals surface area (Å²) in [5, 5.41) is 6.11. The number of benzene rings is 1. The van der Waals surface area contributed by atoms with Gasteiger partial charge in [0.2, 0.25) is 0 Å². The first kappa shape index (κ1) is 17.5. The number of rotatable bonds is 4. The number of nitrogens with one attached hydrogen (secondary N) is 1. The van der Waals surface area contributed by atoms with Crippen molar-refractivity contribution in [1.29, 1.82) is 0 Å². The monoisotopic (exact) mass is 383 g/mol. The van der Waals surface area contributed by atoms with Crippen LogP contribution in [0, 0.1) is 5.82 Å². The summed E-state index contributed by atoms with van der Waals surface area (Å²) in [5.74, 6) is -2.16. The van der Waals surface area contributed by atoms with Crippen molar-refractivity contribution in [3.63, 3.8) is 0 Å². The number of nitrogen functional groups attached to an aromatic ring is 1. The molecule has 3 aromatic rings. The van der Waals surface area contributed by atoms with E-state index in [4.69, 9.17) is 10.5 Å². The van der Waals surface area contributed by atoms with Crippen molar-refractivity contribution in [3.8, 4) is 11.4 Å². The lowest BCUT2D eigenvalue weighted by Crippen LogP contribution is -2.24. The van der Waals surface area contributed by atoms with Gasteiger partial charge in [0, 0.05) is 30.9 Å². The minimum atomic E-state index is -0.722. The van der Waals surface area contributed by atoms with Gasteiger partial charge in [-0.15, -0.1) is 0 Å². The summed E-state index contributed by atoms with van der Waals surface area (Å²) in [6.07, 6.45) is 3.35. The fourth-order valence-corrected chi connectivity index (χ4v) is 3.02. The van der Waals surface area contributed by atoms with Crippen molar-refractivity contribution in [1.82, 2.24) is 19.7 Å². The van der Waals surface area contributed by atoms with E-state index in [1.54, 1.807) is 24.1 Å². The molecule has 0 aliphatic carbocycles. The first-order valence-electron chi connectivity index (χ1n) is 8.16. The third-order valence-corrected chi connectivity index (χ3v) is 4.27. The quantitative estimate of drug-likeness (QED) is 0.642. The molecule has 1 aliphatic heterocycles. The Bertz CT molecular complexity index is 1200. The molecule has 2 aromatic heterocycles.